The number of hydrogen-bond donors (Lipinski definition) is 1. The van der Waals surface area contributed by atoms with Crippen LogP contribution in [0.2, 0.25) is 0 Å². The second-order valence-corrected chi connectivity index (χ2v) is 5.97. The molecule has 0 aliphatic rings. The topological polar surface area (TPSA) is 44.5 Å². The van der Waals surface area contributed by atoms with Gasteiger partial charge >= 0.3 is 0 Å². The number of ether oxygens (including phenoxy) is 2. The third-order valence-electron chi connectivity index (χ3n) is 3.75. The Morgan fingerprint density at radius 1 is 1.00 bits per heavy atom. The Morgan fingerprint density at radius 3 is 2.24 bits per heavy atom. The van der Waals surface area contributed by atoms with Crippen LogP contribution in [0.25, 0.3) is 0 Å². The van der Waals surface area contributed by atoms with Crippen LogP contribution in [0.3, 0.4) is 0 Å². The number of rotatable bonds is 4. The van der Waals surface area contributed by atoms with Gasteiger partial charge in [-0.15, -0.1) is 0 Å². The first-order valence-corrected chi connectivity index (χ1v) is 7.48. The highest BCUT2D eigenvalue weighted by atomic mass is 79.9. The van der Waals surface area contributed by atoms with Crippen LogP contribution in [0.4, 0.5) is 0 Å². The van der Waals surface area contributed by atoms with Crippen molar-refractivity contribution >= 4 is 15.9 Å². The Kier molecular flexibility index (Phi) is 4.59. The highest BCUT2D eigenvalue weighted by Crippen LogP contribution is 2.43. The van der Waals surface area contributed by atoms with Gasteiger partial charge < -0.3 is 15.2 Å². The van der Waals surface area contributed by atoms with Gasteiger partial charge in [0.15, 0.2) is 0 Å². The van der Waals surface area contributed by atoms with Crippen LogP contribution in [0.15, 0.2) is 40.9 Å². The lowest BCUT2D eigenvalue weighted by Crippen LogP contribution is -2.35. The minimum Gasteiger partial charge on any atom is -0.495 e. The molecule has 1 atom stereocenters. The number of benzene rings is 2. The summed E-state index contributed by atoms with van der Waals surface area (Å²) in [5.74, 6) is 1.42. The molecular weight excluding hydrogens is 330 g/mol. The second-order valence-electron chi connectivity index (χ2n) is 5.18. The maximum absolute atomic E-state index is 6.66. The summed E-state index contributed by atoms with van der Waals surface area (Å²) in [5, 5.41) is 0. The quantitative estimate of drug-likeness (QED) is 0.907. The molecule has 1 unspecified atom stereocenters. The van der Waals surface area contributed by atoms with Gasteiger partial charge in [0.1, 0.15) is 16.0 Å². The first-order valence-electron chi connectivity index (χ1n) is 6.69. The van der Waals surface area contributed by atoms with E-state index in [1.165, 1.54) is 0 Å². The smallest absolute Gasteiger partial charge is 0.142 e. The van der Waals surface area contributed by atoms with Crippen LogP contribution in [0, 0.1) is 6.92 Å². The monoisotopic (exact) mass is 349 g/mol. The van der Waals surface area contributed by atoms with Crippen molar-refractivity contribution in [3.05, 3.63) is 57.6 Å². The van der Waals surface area contributed by atoms with Gasteiger partial charge in [-0.05, 0) is 53.0 Å². The Morgan fingerprint density at radius 2 is 1.67 bits per heavy atom. The predicted molar refractivity (Wildman–Crippen MR) is 89.1 cm³/mol. The van der Waals surface area contributed by atoms with Crippen LogP contribution in [-0.2, 0) is 5.54 Å². The fourth-order valence-electron chi connectivity index (χ4n) is 2.60. The summed E-state index contributed by atoms with van der Waals surface area (Å²) in [5.41, 5.74) is 9.12. The Hall–Kier alpha value is -1.52. The molecule has 0 heterocycles. The SMILES string of the molecule is COc1ccc(C(C)(N)c2ccccc2C)c(OC)c1Br. The average molecular weight is 350 g/mol. The van der Waals surface area contributed by atoms with Crippen molar-refractivity contribution in [2.75, 3.05) is 14.2 Å². The summed E-state index contributed by atoms with van der Waals surface area (Å²) in [4.78, 5) is 0. The van der Waals surface area contributed by atoms with Crippen molar-refractivity contribution in [2.24, 2.45) is 5.73 Å². The molecular formula is C17H20BrNO2. The predicted octanol–water partition coefficient (Wildman–Crippen LogP) is 4.00. The number of aryl methyl sites for hydroxylation is 1. The van der Waals surface area contributed by atoms with Gasteiger partial charge in [0.25, 0.3) is 0 Å². The van der Waals surface area contributed by atoms with Crippen LogP contribution >= 0.6 is 15.9 Å². The van der Waals surface area contributed by atoms with E-state index in [1.807, 2.05) is 37.3 Å². The van der Waals surface area contributed by atoms with Crippen molar-refractivity contribution < 1.29 is 9.47 Å². The van der Waals surface area contributed by atoms with Crippen molar-refractivity contribution in [2.45, 2.75) is 19.4 Å². The normalized spacial score (nSPS) is 13.6. The fourth-order valence-corrected chi connectivity index (χ4v) is 3.27. The van der Waals surface area contributed by atoms with Gasteiger partial charge in [-0.2, -0.15) is 0 Å². The Balaban J connectivity index is 2.65. The minimum absolute atomic E-state index is 0.661. The molecule has 3 nitrogen and oxygen atoms in total. The van der Waals surface area contributed by atoms with Crippen LogP contribution in [-0.4, -0.2) is 14.2 Å². The van der Waals surface area contributed by atoms with Gasteiger partial charge in [-0.3, -0.25) is 0 Å². The van der Waals surface area contributed by atoms with Gasteiger partial charge in [0.05, 0.1) is 19.8 Å². The lowest BCUT2D eigenvalue weighted by Gasteiger charge is -2.30. The lowest BCUT2D eigenvalue weighted by molar-refractivity contribution is 0.379. The molecule has 0 aliphatic heterocycles. The van der Waals surface area contributed by atoms with E-state index >= 15 is 0 Å². The van der Waals surface area contributed by atoms with Crippen molar-refractivity contribution in [3.63, 3.8) is 0 Å². The van der Waals surface area contributed by atoms with Crippen LogP contribution in [0.1, 0.15) is 23.6 Å². The molecule has 0 amide bonds. The van der Waals surface area contributed by atoms with E-state index in [9.17, 15) is 0 Å². The van der Waals surface area contributed by atoms with E-state index in [-0.39, 0.29) is 0 Å². The molecule has 0 radical (unpaired) electrons. The molecule has 4 heteroatoms. The minimum atomic E-state index is -0.661. The highest BCUT2D eigenvalue weighted by molar-refractivity contribution is 9.10. The molecule has 2 N–H and O–H groups in total. The molecule has 2 rings (SSSR count). The zero-order chi connectivity index (χ0) is 15.6. The maximum atomic E-state index is 6.66. The zero-order valence-corrected chi connectivity index (χ0v) is 14.3. The first kappa shape index (κ1) is 15.9. The molecule has 0 saturated carbocycles. The van der Waals surface area contributed by atoms with E-state index < -0.39 is 5.54 Å². The first-order chi connectivity index (χ1) is 9.93. The maximum Gasteiger partial charge on any atom is 0.142 e. The summed E-state index contributed by atoms with van der Waals surface area (Å²) in [6.45, 7) is 4.05. The van der Waals surface area contributed by atoms with E-state index in [0.717, 1.165) is 26.9 Å². The molecule has 0 spiro atoms. The molecule has 112 valence electrons. The van der Waals surface area contributed by atoms with Crippen molar-refractivity contribution in [1.29, 1.82) is 0 Å². The molecule has 0 aromatic heterocycles. The largest absolute Gasteiger partial charge is 0.495 e. The Bertz CT molecular complexity index is 653. The molecule has 0 fully saturated rings. The summed E-state index contributed by atoms with van der Waals surface area (Å²) in [6.07, 6.45) is 0. The van der Waals surface area contributed by atoms with Gasteiger partial charge in [0, 0.05) is 5.56 Å². The van der Waals surface area contributed by atoms with E-state index in [0.29, 0.717) is 5.75 Å². The van der Waals surface area contributed by atoms with Gasteiger partial charge in [-0.1, -0.05) is 24.3 Å². The summed E-state index contributed by atoms with van der Waals surface area (Å²) >= 11 is 3.53. The second kappa shape index (κ2) is 6.08. The molecule has 0 saturated heterocycles. The van der Waals surface area contributed by atoms with E-state index in [1.54, 1.807) is 14.2 Å². The summed E-state index contributed by atoms with van der Waals surface area (Å²) in [6, 6.07) is 12.0. The molecule has 0 aliphatic carbocycles. The standard InChI is InChI=1S/C17H20BrNO2/c1-11-7-5-6-8-12(11)17(2,19)13-9-10-14(20-3)15(18)16(13)21-4/h5-10H,19H2,1-4H3. The summed E-state index contributed by atoms with van der Waals surface area (Å²) in [7, 11) is 3.26. The van der Waals surface area contributed by atoms with Gasteiger partial charge in [0.2, 0.25) is 0 Å². The molecule has 2 aromatic carbocycles. The number of nitrogens with two attached hydrogens (primary N) is 1. The molecule has 0 bridgehead atoms. The van der Waals surface area contributed by atoms with Crippen LogP contribution in [0.5, 0.6) is 11.5 Å². The number of methoxy groups -OCH3 is 2. The van der Waals surface area contributed by atoms with E-state index in [4.69, 9.17) is 15.2 Å². The Labute approximate surface area is 134 Å². The lowest BCUT2D eigenvalue weighted by atomic mass is 9.82. The van der Waals surface area contributed by atoms with Gasteiger partial charge in [-0.25, -0.2) is 0 Å². The van der Waals surface area contributed by atoms with Crippen molar-refractivity contribution in [1.82, 2.24) is 0 Å². The molecule has 2 aromatic rings. The summed E-state index contributed by atoms with van der Waals surface area (Å²) < 4.78 is 11.6. The number of halogens is 1. The zero-order valence-electron chi connectivity index (χ0n) is 12.7. The fraction of sp³-hybridized carbons (Fsp3) is 0.294. The molecule has 21 heavy (non-hydrogen) atoms. The average Bonchev–Trinajstić information content (AvgIpc) is 2.47. The van der Waals surface area contributed by atoms with Crippen molar-refractivity contribution in [3.8, 4) is 11.5 Å². The highest BCUT2D eigenvalue weighted by Gasteiger charge is 2.30. The van der Waals surface area contributed by atoms with E-state index in [2.05, 4.69) is 28.9 Å². The van der Waals surface area contributed by atoms with Crippen LogP contribution < -0.4 is 15.2 Å². The number of hydrogen-bond acceptors (Lipinski definition) is 3. The third-order valence-corrected chi connectivity index (χ3v) is 4.50. The third kappa shape index (κ3) is 2.78.